The molecule has 31 heavy (non-hydrogen) atoms. The number of aliphatic imine (C=N–C) groups is 1. The third kappa shape index (κ3) is 7.89. The predicted molar refractivity (Wildman–Crippen MR) is 129 cm³/mol. The molecular formula is C21H33F3IN5O. The number of halogens is 4. The van der Waals surface area contributed by atoms with Crippen LogP contribution in [0.3, 0.4) is 0 Å². The largest absolute Gasteiger partial charge is 0.495 e. The molecule has 2 unspecified atom stereocenters. The van der Waals surface area contributed by atoms with E-state index in [-0.39, 0.29) is 30.0 Å². The molecule has 6 nitrogen and oxygen atoms in total. The molecule has 176 valence electrons. The Morgan fingerprint density at radius 2 is 1.97 bits per heavy atom. The van der Waals surface area contributed by atoms with Gasteiger partial charge in [0.1, 0.15) is 5.75 Å². The SMILES string of the molecule is CCNC(=NCC1CCN(c2ccccc2OC)C1)NC1CCN(CC(F)(F)F)C1.I. The van der Waals surface area contributed by atoms with Crippen molar-refractivity contribution in [1.29, 1.82) is 0 Å². The minimum Gasteiger partial charge on any atom is -0.495 e. The maximum atomic E-state index is 12.6. The summed E-state index contributed by atoms with van der Waals surface area (Å²) in [5.41, 5.74) is 1.10. The first-order valence-corrected chi connectivity index (χ1v) is 10.6. The van der Waals surface area contributed by atoms with Crippen LogP contribution in [-0.4, -0.2) is 76.0 Å². The van der Waals surface area contributed by atoms with E-state index in [0.29, 0.717) is 44.5 Å². The molecule has 0 radical (unpaired) electrons. The standard InChI is InChI=1S/C21H32F3N5O.HI/c1-3-25-20(27-17-9-10-28(14-17)15-21(22,23)24)26-12-16-8-11-29(13-16)18-6-4-5-7-19(18)30-2;/h4-7,16-17H,3,8-15H2,1-2H3,(H2,25,26,27);1H. The minimum absolute atomic E-state index is 0. The molecule has 0 aromatic heterocycles. The van der Waals surface area contributed by atoms with Gasteiger partial charge >= 0.3 is 6.18 Å². The molecule has 0 spiro atoms. The van der Waals surface area contributed by atoms with Crippen molar-refractivity contribution in [3.05, 3.63) is 24.3 Å². The van der Waals surface area contributed by atoms with Gasteiger partial charge in [0.2, 0.25) is 0 Å². The number of para-hydroxylation sites is 2. The van der Waals surface area contributed by atoms with Gasteiger partial charge in [-0.25, -0.2) is 0 Å². The van der Waals surface area contributed by atoms with Crippen molar-refractivity contribution in [3.8, 4) is 5.75 Å². The summed E-state index contributed by atoms with van der Waals surface area (Å²) in [6.45, 7) is 5.23. The molecule has 0 bridgehead atoms. The maximum Gasteiger partial charge on any atom is 0.401 e. The van der Waals surface area contributed by atoms with E-state index in [2.05, 4.69) is 21.6 Å². The van der Waals surface area contributed by atoms with Crippen LogP contribution in [0.25, 0.3) is 0 Å². The number of alkyl halides is 3. The summed E-state index contributed by atoms with van der Waals surface area (Å²) in [7, 11) is 1.68. The fourth-order valence-corrected chi connectivity index (χ4v) is 4.17. The molecule has 2 heterocycles. The Labute approximate surface area is 199 Å². The zero-order valence-corrected chi connectivity index (χ0v) is 20.5. The summed E-state index contributed by atoms with van der Waals surface area (Å²) in [5.74, 6) is 1.99. The van der Waals surface area contributed by atoms with Crippen molar-refractivity contribution in [2.75, 3.05) is 57.8 Å². The number of hydrogen-bond acceptors (Lipinski definition) is 4. The topological polar surface area (TPSA) is 52.1 Å². The third-order valence-electron chi connectivity index (χ3n) is 5.58. The minimum atomic E-state index is -4.15. The van der Waals surface area contributed by atoms with Crippen LogP contribution in [0.15, 0.2) is 29.3 Å². The summed E-state index contributed by atoms with van der Waals surface area (Å²) in [5, 5.41) is 6.54. The first kappa shape index (κ1) is 25.8. The molecule has 2 aliphatic rings. The lowest BCUT2D eigenvalue weighted by Gasteiger charge is -2.21. The smallest absolute Gasteiger partial charge is 0.401 e. The summed E-state index contributed by atoms with van der Waals surface area (Å²) in [4.78, 5) is 8.50. The van der Waals surface area contributed by atoms with E-state index in [1.165, 1.54) is 4.90 Å². The number of nitrogens with zero attached hydrogens (tertiary/aromatic N) is 3. The summed E-state index contributed by atoms with van der Waals surface area (Å²) < 4.78 is 43.3. The van der Waals surface area contributed by atoms with Crippen molar-refractivity contribution in [3.63, 3.8) is 0 Å². The van der Waals surface area contributed by atoms with Gasteiger partial charge in [-0.05, 0) is 37.8 Å². The molecule has 2 atom stereocenters. The van der Waals surface area contributed by atoms with Crippen LogP contribution in [-0.2, 0) is 0 Å². The Balaban J connectivity index is 0.00000341. The zero-order chi connectivity index (χ0) is 21.6. The normalized spacial score (nSPS) is 22.4. The van der Waals surface area contributed by atoms with Gasteiger partial charge in [0, 0.05) is 45.3 Å². The van der Waals surface area contributed by atoms with E-state index in [1.807, 2.05) is 25.1 Å². The number of nitrogens with one attached hydrogen (secondary N) is 2. The lowest BCUT2D eigenvalue weighted by Crippen LogP contribution is -2.45. The molecule has 2 fully saturated rings. The molecular weight excluding hydrogens is 522 g/mol. The number of methoxy groups -OCH3 is 1. The first-order chi connectivity index (χ1) is 14.4. The summed E-state index contributed by atoms with van der Waals surface area (Å²) >= 11 is 0. The molecule has 0 amide bonds. The summed E-state index contributed by atoms with van der Waals surface area (Å²) in [6.07, 6.45) is -2.42. The second kappa shape index (κ2) is 12.0. The van der Waals surface area contributed by atoms with Gasteiger partial charge in [0.15, 0.2) is 5.96 Å². The van der Waals surface area contributed by atoms with E-state index in [1.54, 1.807) is 7.11 Å². The highest BCUT2D eigenvalue weighted by molar-refractivity contribution is 14.0. The van der Waals surface area contributed by atoms with Gasteiger partial charge in [0.25, 0.3) is 0 Å². The third-order valence-corrected chi connectivity index (χ3v) is 5.58. The quantitative estimate of drug-likeness (QED) is 0.307. The van der Waals surface area contributed by atoms with Crippen LogP contribution in [0.4, 0.5) is 18.9 Å². The Morgan fingerprint density at radius 1 is 1.19 bits per heavy atom. The number of hydrogen-bond donors (Lipinski definition) is 2. The first-order valence-electron chi connectivity index (χ1n) is 10.6. The van der Waals surface area contributed by atoms with Crippen LogP contribution in [0.2, 0.25) is 0 Å². The zero-order valence-electron chi connectivity index (χ0n) is 18.1. The van der Waals surface area contributed by atoms with E-state index >= 15 is 0 Å². The molecule has 2 saturated heterocycles. The average molecular weight is 555 g/mol. The second-order valence-electron chi connectivity index (χ2n) is 7.97. The maximum absolute atomic E-state index is 12.6. The van der Waals surface area contributed by atoms with Crippen molar-refractivity contribution in [2.45, 2.75) is 32.0 Å². The van der Waals surface area contributed by atoms with E-state index in [9.17, 15) is 13.2 Å². The number of rotatable bonds is 7. The van der Waals surface area contributed by atoms with E-state index < -0.39 is 12.7 Å². The number of anilines is 1. The fraction of sp³-hybridized carbons (Fsp3) is 0.667. The van der Waals surface area contributed by atoms with Gasteiger partial charge in [0.05, 0.1) is 19.3 Å². The Morgan fingerprint density at radius 3 is 2.68 bits per heavy atom. The number of guanidine groups is 1. The van der Waals surface area contributed by atoms with Crippen molar-refractivity contribution in [2.24, 2.45) is 10.9 Å². The van der Waals surface area contributed by atoms with Crippen LogP contribution in [0, 0.1) is 5.92 Å². The van der Waals surface area contributed by atoms with Crippen molar-refractivity contribution >= 4 is 35.6 Å². The predicted octanol–water partition coefficient (Wildman–Crippen LogP) is 3.33. The lowest BCUT2D eigenvalue weighted by atomic mass is 10.1. The number of ether oxygens (including phenoxy) is 1. The lowest BCUT2D eigenvalue weighted by molar-refractivity contribution is -0.143. The van der Waals surface area contributed by atoms with Gasteiger partial charge in [-0.15, -0.1) is 24.0 Å². The van der Waals surface area contributed by atoms with Crippen LogP contribution in [0.5, 0.6) is 5.75 Å². The Bertz CT molecular complexity index is 719. The van der Waals surface area contributed by atoms with Crippen LogP contribution < -0.4 is 20.3 Å². The molecule has 0 aliphatic carbocycles. The highest BCUT2D eigenvalue weighted by Gasteiger charge is 2.34. The van der Waals surface area contributed by atoms with Crippen LogP contribution in [0.1, 0.15) is 19.8 Å². The van der Waals surface area contributed by atoms with E-state index in [0.717, 1.165) is 30.9 Å². The second-order valence-corrected chi connectivity index (χ2v) is 7.97. The van der Waals surface area contributed by atoms with Gasteiger partial charge in [-0.1, -0.05) is 12.1 Å². The highest BCUT2D eigenvalue weighted by Crippen LogP contribution is 2.32. The summed E-state index contributed by atoms with van der Waals surface area (Å²) in [6, 6.07) is 8.01. The molecule has 10 heteroatoms. The molecule has 2 aliphatic heterocycles. The molecule has 2 N–H and O–H groups in total. The van der Waals surface area contributed by atoms with Gasteiger partial charge < -0.3 is 20.3 Å². The van der Waals surface area contributed by atoms with Crippen LogP contribution >= 0.6 is 24.0 Å². The Hall–Kier alpha value is -1.43. The molecule has 3 rings (SSSR count). The molecule has 0 saturated carbocycles. The number of likely N-dealkylation sites (tertiary alicyclic amines) is 1. The number of benzene rings is 1. The van der Waals surface area contributed by atoms with Crippen molar-refractivity contribution in [1.82, 2.24) is 15.5 Å². The average Bonchev–Trinajstić information content (AvgIpc) is 3.34. The molecule has 1 aromatic rings. The molecule has 1 aromatic carbocycles. The van der Waals surface area contributed by atoms with Crippen molar-refractivity contribution < 1.29 is 17.9 Å². The van der Waals surface area contributed by atoms with Gasteiger partial charge in [-0.2, -0.15) is 13.2 Å². The van der Waals surface area contributed by atoms with E-state index in [4.69, 9.17) is 9.73 Å². The van der Waals surface area contributed by atoms with Gasteiger partial charge in [-0.3, -0.25) is 9.89 Å². The Kier molecular flexibility index (Phi) is 9.98. The fourth-order valence-electron chi connectivity index (χ4n) is 4.17. The monoisotopic (exact) mass is 555 g/mol. The highest BCUT2D eigenvalue weighted by atomic mass is 127.